The van der Waals surface area contributed by atoms with Crippen molar-refractivity contribution >= 4 is 11.8 Å². The largest absolute Gasteiger partial charge is 0.497 e. The third-order valence-corrected chi connectivity index (χ3v) is 8.48. The molecule has 3 aliphatic rings. The van der Waals surface area contributed by atoms with Gasteiger partial charge in [0.25, 0.3) is 0 Å². The molecule has 3 aliphatic carbocycles. The van der Waals surface area contributed by atoms with Crippen LogP contribution in [0.3, 0.4) is 0 Å². The zero-order valence-corrected chi connectivity index (χ0v) is 15.9. The van der Waals surface area contributed by atoms with Crippen LogP contribution in [0.15, 0.2) is 18.2 Å². The molecular weight excluding hydrogens is 316 g/mol. The fourth-order valence-corrected chi connectivity index (χ4v) is 7.29. The number of benzene rings is 1. The summed E-state index contributed by atoms with van der Waals surface area (Å²) >= 11 is 1.97. The Bertz CT molecular complexity index is 616. The monoisotopic (exact) mass is 346 g/mol. The maximum Gasteiger partial charge on any atom is 0.119 e. The smallest absolute Gasteiger partial charge is 0.119 e. The molecule has 0 amide bonds. The summed E-state index contributed by atoms with van der Waals surface area (Å²) in [6.07, 6.45) is 5.95. The molecule has 2 fully saturated rings. The van der Waals surface area contributed by atoms with Crippen molar-refractivity contribution in [2.45, 2.75) is 63.2 Å². The number of hydrogen-bond acceptors (Lipinski definition) is 3. The van der Waals surface area contributed by atoms with Crippen LogP contribution in [0.25, 0.3) is 0 Å². The molecule has 1 aromatic rings. The Morgan fingerprint density at radius 3 is 2.92 bits per heavy atom. The molecule has 3 heteroatoms. The molecule has 0 spiro atoms. The second-order valence-corrected chi connectivity index (χ2v) is 9.72. The Labute approximate surface area is 150 Å². The lowest BCUT2D eigenvalue weighted by molar-refractivity contribution is -0.0215. The minimum absolute atomic E-state index is 0.120. The molecule has 0 saturated heterocycles. The van der Waals surface area contributed by atoms with Crippen LogP contribution in [0.2, 0.25) is 0 Å². The predicted molar refractivity (Wildman–Crippen MR) is 101 cm³/mol. The molecule has 0 unspecified atom stereocenters. The SMILES string of the molecule is CCS[C@H]1C[C@H]2[C@@H]3CCc4cc(OC)ccc4[C@H]3CC[C@]2(C)[C@H]1O. The molecule has 0 aliphatic heterocycles. The Morgan fingerprint density at radius 2 is 2.17 bits per heavy atom. The fourth-order valence-electron chi connectivity index (χ4n) is 6.02. The van der Waals surface area contributed by atoms with Crippen molar-refractivity contribution in [1.29, 1.82) is 0 Å². The summed E-state index contributed by atoms with van der Waals surface area (Å²) in [5, 5.41) is 11.4. The number of methoxy groups -OCH3 is 1. The molecule has 24 heavy (non-hydrogen) atoms. The quantitative estimate of drug-likeness (QED) is 0.864. The molecule has 6 atom stereocenters. The van der Waals surface area contributed by atoms with E-state index in [2.05, 4.69) is 32.0 Å². The van der Waals surface area contributed by atoms with Gasteiger partial charge in [0.05, 0.1) is 13.2 Å². The van der Waals surface area contributed by atoms with Crippen LogP contribution in [0.1, 0.15) is 56.6 Å². The first-order valence-electron chi connectivity index (χ1n) is 9.55. The van der Waals surface area contributed by atoms with Crippen molar-refractivity contribution in [3.8, 4) is 5.75 Å². The van der Waals surface area contributed by atoms with Gasteiger partial charge in [-0.15, -0.1) is 0 Å². The van der Waals surface area contributed by atoms with Gasteiger partial charge in [0.2, 0.25) is 0 Å². The van der Waals surface area contributed by atoms with E-state index in [-0.39, 0.29) is 11.5 Å². The van der Waals surface area contributed by atoms with Crippen molar-refractivity contribution in [1.82, 2.24) is 0 Å². The van der Waals surface area contributed by atoms with E-state index in [1.54, 1.807) is 12.7 Å². The number of rotatable bonds is 3. The van der Waals surface area contributed by atoms with E-state index in [1.807, 2.05) is 11.8 Å². The average Bonchev–Trinajstić information content (AvgIpc) is 2.86. The minimum Gasteiger partial charge on any atom is -0.497 e. The molecule has 2 saturated carbocycles. The molecule has 4 rings (SSSR count). The zero-order valence-electron chi connectivity index (χ0n) is 15.1. The second-order valence-electron chi connectivity index (χ2n) is 8.20. The standard InChI is InChI=1S/C21H30O2S/c1-4-24-19-12-18-17-7-5-13-11-14(23-3)6-8-15(13)16(17)9-10-21(18,2)20(19)22/h6,8,11,16-20,22H,4-5,7,9-10,12H2,1-3H3/t16-,17-,18+,19+,20+,21+/m1/s1. The van der Waals surface area contributed by atoms with Crippen LogP contribution in [0.5, 0.6) is 5.75 Å². The number of hydrogen-bond donors (Lipinski definition) is 1. The average molecular weight is 347 g/mol. The summed E-state index contributed by atoms with van der Waals surface area (Å²) in [5.41, 5.74) is 3.20. The van der Waals surface area contributed by atoms with Gasteiger partial charge in [-0.1, -0.05) is 19.9 Å². The lowest BCUT2D eigenvalue weighted by Gasteiger charge is -2.50. The maximum absolute atomic E-state index is 11.0. The molecule has 0 aromatic heterocycles. The van der Waals surface area contributed by atoms with Crippen LogP contribution in [0, 0.1) is 17.3 Å². The predicted octanol–water partition coefficient (Wildman–Crippen LogP) is 4.64. The van der Waals surface area contributed by atoms with Crippen LogP contribution in [-0.2, 0) is 6.42 Å². The third kappa shape index (κ3) is 2.42. The zero-order chi connectivity index (χ0) is 16.9. The van der Waals surface area contributed by atoms with Gasteiger partial charge in [0, 0.05) is 5.25 Å². The second kappa shape index (κ2) is 6.25. The van der Waals surface area contributed by atoms with Crippen molar-refractivity contribution < 1.29 is 9.84 Å². The van der Waals surface area contributed by atoms with Gasteiger partial charge < -0.3 is 9.84 Å². The van der Waals surface area contributed by atoms with Gasteiger partial charge in [-0.3, -0.25) is 0 Å². The van der Waals surface area contributed by atoms with Crippen LogP contribution < -0.4 is 4.74 Å². The number of thioether (sulfide) groups is 1. The number of ether oxygens (including phenoxy) is 1. The number of aliphatic hydroxyl groups is 1. The van der Waals surface area contributed by atoms with Crippen molar-refractivity contribution in [2.75, 3.05) is 12.9 Å². The molecule has 1 aromatic carbocycles. The van der Waals surface area contributed by atoms with Gasteiger partial charge >= 0.3 is 0 Å². The van der Waals surface area contributed by atoms with Gasteiger partial charge in [0.15, 0.2) is 0 Å². The highest BCUT2D eigenvalue weighted by Crippen LogP contribution is 2.62. The highest BCUT2D eigenvalue weighted by atomic mass is 32.2. The molecule has 0 bridgehead atoms. The summed E-state index contributed by atoms with van der Waals surface area (Å²) in [4.78, 5) is 0. The Morgan fingerprint density at radius 1 is 1.33 bits per heavy atom. The van der Waals surface area contributed by atoms with Crippen molar-refractivity contribution in [3.63, 3.8) is 0 Å². The molecule has 1 N–H and O–H groups in total. The van der Waals surface area contributed by atoms with Gasteiger partial charge in [-0.25, -0.2) is 0 Å². The third-order valence-electron chi connectivity index (χ3n) is 7.27. The molecule has 0 heterocycles. The van der Waals surface area contributed by atoms with Gasteiger partial charge in [-0.05, 0) is 84.3 Å². The number of fused-ring (bicyclic) bond motifs is 5. The lowest BCUT2D eigenvalue weighted by Crippen LogP contribution is -2.44. The Balaban J connectivity index is 1.64. The van der Waals surface area contributed by atoms with E-state index in [0.717, 1.165) is 17.4 Å². The Hall–Kier alpha value is -0.670. The van der Waals surface area contributed by atoms with Crippen molar-refractivity contribution in [3.05, 3.63) is 29.3 Å². The maximum atomic E-state index is 11.0. The Kier molecular flexibility index (Phi) is 4.37. The van der Waals surface area contributed by atoms with Gasteiger partial charge in [0.1, 0.15) is 5.75 Å². The summed E-state index contributed by atoms with van der Waals surface area (Å²) in [6, 6.07) is 6.70. The van der Waals surface area contributed by atoms with E-state index < -0.39 is 0 Å². The fraction of sp³-hybridized carbons (Fsp3) is 0.714. The van der Waals surface area contributed by atoms with E-state index in [4.69, 9.17) is 4.74 Å². The minimum atomic E-state index is -0.120. The molecule has 0 radical (unpaired) electrons. The van der Waals surface area contributed by atoms with E-state index in [9.17, 15) is 5.11 Å². The van der Waals surface area contributed by atoms with Crippen LogP contribution in [-0.4, -0.2) is 29.3 Å². The summed E-state index contributed by atoms with van der Waals surface area (Å²) in [7, 11) is 1.75. The number of aliphatic hydroxyl groups excluding tert-OH is 1. The van der Waals surface area contributed by atoms with Gasteiger partial charge in [-0.2, -0.15) is 11.8 Å². The summed E-state index contributed by atoms with van der Waals surface area (Å²) in [5.74, 6) is 4.23. The first-order valence-corrected chi connectivity index (χ1v) is 10.6. The molecule has 132 valence electrons. The number of aryl methyl sites for hydroxylation is 1. The van der Waals surface area contributed by atoms with E-state index in [0.29, 0.717) is 17.1 Å². The summed E-state index contributed by atoms with van der Waals surface area (Å²) in [6.45, 7) is 4.59. The molecule has 2 nitrogen and oxygen atoms in total. The molecular formula is C21H30O2S. The van der Waals surface area contributed by atoms with Crippen LogP contribution in [0.4, 0.5) is 0 Å². The van der Waals surface area contributed by atoms with E-state index in [1.165, 1.54) is 37.7 Å². The highest BCUT2D eigenvalue weighted by molar-refractivity contribution is 7.99. The highest BCUT2D eigenvalue weighted by Gasteiger charge is 2.57. The van der Waals surface area contributed by atoms with Crippen molar-refractivity contribution in [2.24, 2.45) is 17.3 Å². The van der Waals surface area contributed by atoms with E-state index >= 15 is 0 Å². The normalized spacial score (nSPS) is 40.6. The first kappa shape index (κ1) is 16.8. The lowest BCUT2D eigenvalue weighted by atomic mass is 9.55. The topological polar surface area (TPSA) is 29.5 Å². The van der Waals surface area contributed by atoms with Crippen LogP contribution >= 0.6 is 11.8 Å². The summed E-state index contributed by atoms with van der Waals surface area (Å²) < 4.78 is 5.42. The first-order chi connectivity index (χ1) is 11.6.